The zero-order valence-corrected chi connectivity index (χ0v) is 9.57. The molecule has 0 aliphatic heterocycles. The first kappa shape index (κ1) is 14.5. The van der Waals surface area contributed by atoms with Crippen LogP contribution in [0.3, 0.4) is 0 Å². The molecule has 90 valence electrons. The number of aliphatic hydroxyl groups excluding tert-OH is 1. The molecule has 0 fully saturated rings. The number of nitrogens with one attached hydrogen (secondary N) is 1. The largest absolute Gasteiger partial charge is 0.477 e. The fraction of sp³-hybridized carbons (Fsp3) is 0.500. The number of ether oxygens (including phenoxy) is 1. The van der Waals surface area contributed by atoms with Crippen molar-refractivity contribution in [3.8, 4) is 0 Å². The molecule has 0 saturated heterocycles. The Morgan fingerprint density at radius 2 is 2.12 bits per heavy atom. The van der Waals surface area contributed by atoms with Crippen LogP contribution in [0.1, 0.15) is 6.92 Å². The molecule has 0 rings (SSSR count). The maximum atomic E-state index is 10.9. The summed E-state index contributed by atoms with van der Waals surface area (Å²) in [5, 5.41) is 19.1. The highest BCUT2D eigenvalue weighted by atomic mass is 31.1. The number of aliphatic carboxylic acids is 1. The van der Waals surface area contributed by atoms with Crippen LogP contribution in [0.2, 0.25) is 0 Å². The Hall–Kier alpha value is -1.46. The van der Waals surface area contributed by atoms with E-state index in [-0.39, 0.29) is 12.8 Å². The molecule has 7 nitrogen and oxygen atoms in total. The van der Waals surface area contributed by atoms with Gasteiger partial charge in [-0.1, -0.05) is 4.57 Å². The Morgan fingerprint density at radius 1 is 1.50 bits per heavy atom. The molecule has 1 amide bonds. The van der Waals surface area contributed by atoms with E-state index in [1.165, 1.54) is 0 Å². The van der Waals surface area contributed by atoms with Gasteiger partial charge in [0.05, 0.1) is 6.61 Å². The molecule has 0 radical (unpaired) electrons. The minimum absolute atomic E-state index is 0.115. The van der Waals surface area contributed by atoms with Crippen molar-refractivity contribution in [1.29, 1.82) is 0 Å². The average molecular weight is 250 g/mol. The molecule has 0 aromatic carbocycles. The normalized spacial score (nSPS) is 11.9. The second kappa shape index (κ2) is 7.78. The molecule has 0 aromatic rings. The number of carboxylic acid groups (broad SMARTS) is 1. The van der Waals surface area contributed by atoms with E-state index in [1.807, 2.05) is 5.32 Å². The molecule has 1 atom stereocenters. The molecule has 0 heterocycles. The van der Waals surface area contributed by atoms with Crippen LogP contribution in [0.15, 0.2) is 11.8 Å². The van der Waals surface area contributed by atoms with Crippen molar-refractivity contribution in [3.63, 3.8) is 0 Å². The first-order valence-electron chi connectivity index (χ1n) is 4.41. The molecule has 0 bridgehead atoms. The van der Waals surface area contributed by atoms with Gasteiger partial charge in [-0.25, -0.2) is 9.59 Å². The maximum Gasteiger partial charge on any atom is 0.411 e. The molecule has 0 aliphatic carbocycles. The smallest absolute Gasteiger partial charge is 0.411 e. The minimum atomic E-state index is -1.89. The third-order valence-electron chi connectivity index (χ3n) is 1.40. The Labute approximate surface area is 92.9 Å². The third kappa shape index (κ3) is 6.10. The molecule has 0 aromatic heterocycles. The van der Waals surface area contributed by atoms with Crippen LogP contribution < -0.4 is 5.32 Å². The zero-order valence-electron chi connectivity index (χ0n) is 8.67. The predicted molar refractivity (Wildman–Crippen MR) is 55.4 cm³/mol. The SMILES string of the molecule is CCOC(=O)N/C(=C/C[P+](=O)CO)C(=O)O. The van der Waals surface area contributed by atoms with Crippen LogP contribution in [0.25, 0.3) is 0 Å². The fourth-order valence-electron chi connectivity index (χ4n) is 0.720. The van der Waals surface area contributed by atoms with Crippen molar-refractivity contribution in [1.82, 2.24) is 5.32 Å². The quantitative estimate of drug-likeness (QED) is 0.466. The summed E-state index contributed by atoms with van der Waals surface area (Å²) < 4.78 is 15.3. The van der Waals surface area contributed by atoms with Crippen LogP contribution in [0.4, 0.5) is 4.79 Å². The second-order valence-corrected chi connectivity index (χ2v) is 4.19. The molecular formula is C8H13NO6P+. The van der Waals surface area contributed by atoms with Crippen molar-refractivity contribution >= 4 is 19.9 Å². The molecule has 1 unspecified atom stereocenters. The predicted octanol–water partition coefficient (Wildman–Crippen LogP) is 0.478. The van der Waals surface area contributed by atoms with E-state index in [1.54, 1.807) is 6.92 Å². The monoisotopic (exact) mass is 250 g/mol. The van der Waals surface area contributed by atoms with Gasteiger partial charge in [0.2, 0.25) is 6.35 Å². The third-order valence-corrected chi connectivity index (χ3v) is 2.30. The number of aliphatic hydroxyl groups is 1. The highest BCUT2D eigenvalue weighted by Crippen LogP contribution is 2.17. The first-order chi connectivity index (χ1) is 7.51. The van der Waals surface area contributed by atoms with Gasteiger partial charge in [0.1, 0.15) is 5.70 Å². The van der Waals surface area contributed by atoms with Gasteiger partial charge >= 0.3 is 19.9 Å². The van der Waals surface area contributed by atoms with Crippen molar-refractivity contribution in [2.75, 3.05) is 19.1 Å². The number of allylic oxidation sites excluding steroid dienone is 1. The van der Waals surface area contributed by atoms with E-state index in [2.05, 4.69) is 4.74 Å². The summed E-state index contributed by atoms with van der Waals surface area (Å²) in [6, 6.07) is 0. The highest BCUT2D eigenvalue weighted by Gasteiger charge is 2.16. The van der Waals surface area contributed by atoms with Gasteiger partial charge in [-0.3, -0.25) is 5.32 Å². The maximum absolute atomic E-state index is 10.9. The lowest BCUT2D eigenvalue weighted by Gasteiger charge is -2.04. The number of rotatable bonds is 6. The van der Waals surface area contributed by atoms with E-state index in [0.717, 1.165) is 6.08 Å². The molecule has 0 aliphatic rings. The van der Waals surface area contributed by atoms with Gasteiger partial charge in [0.25, 0.3) is 0 Å². The summed E-state index contributed by atoms with van der Waals surface area (Å²) >= 11 is 0. The Kier molecular flexibility index (Phi) is 7.07. The molecule has 0 saturated carbocycles. The summed E-state index contributed by atoms with van der Waals surface area (Å²) in [7, 11) is -1.89. The Morgan fingerprint density at radius 3 is 2.56 bits per heavy atom. The minimum Gasteiger partial charge on any atom is -0.477 e. The number of carbonyl (C=O) groups excluding carboxylic acids is 1. The van der Waals surface area contributed by atoms with Gasteiger partial charge in [0, 0.05) is 0 Å². The van der Waals surface area contributed by atoms with Gasteiger partial charge in [-0.05, 0) is 13.0 Å². The highest BCUT2D eigenvalue weighted by molar-refractivity contribution is 7.44. The molecule has 8 heteroatoms. The average Bonchev–Trinajstić information content (AvgIpc) is 2.23. The van der Waals surface area contributed by atoms with Crippen LogP contribution >= 0.6 is 7.80 Å². The number of hydrogen-bond donors (Lipinski definition) is 3. The number of carbonyl (C=O) groups is 2. The lowest BCUT2D eigenvalue weighted by atomic mass is 10.4. The number of amides is 1. The standard InChI is InChI=1S/C8H12NO6P/c1-2-15-8(13)9-6(7(11)12)3-4-16(14)5-10/h3,10H,2,4-5H2,1H3,(H-,9,11,12,13)/p+1/b6-3+. The number of alkyl carbamates (subject to hydrolysis) is 1. The molecule has 16 heavy (non-hydrogen) atoms. The van der Waals surface area contributed by atoms with E-state index < -0.39 is 31.9 Å². The van der Waals surface area contributed by atoms with Crippen LogP contribution in [-0.4, -0.2) is 41.4 Å². The first-order valence-corrected chi connectivity index (χ1v) is 6.04. The summed E-state index contributed by atoms with van der Waals surface area (Å²) in [5.41, 5.74) is -0.421. The van der Waals surface area contributed by atoms with Crippen molar-refractivity contribution in [3.05, 3.63) is 11.8 Å². The van der Waals surface area contributed by atoms with Gasteiger partial charge in [-0.2, -0.15) is 0 Å². The Balaban J connectivity index is 4.43. The van der Waals surface area contributed by atoms with Crippen LogP contribution in [-0.2, 0) is 14.1 Å². The fourth-order valence-corrected chi connectivity index (χ4v) is 1.22. The van der Waals surface area contributed by atoms with Gasteiger partial charge in [-0.15, -0.1) is 0 Å². The number of hydrogen-bond acceptors (Lipinski definition) is 5. The van der Waals surface area contributed by atoms with Crippen molar-refractivity contribution in [2.24, 2.45) is 0 Å². The number of carboxylic acids is 1. The molecule has 3 N–H and O–H groups in total. The summed E-state index contributed by atoms with van der Waals surface area (Å²) in [4.78, 5) is 21.6. The summed E-state index contributed by atoms with van der Waals surface area (Å²) in [6.07, 6.45) is -0.484. The van der Waals surface area contributed by atoms with Crippen molar-refractivity contribution in [2.45, 2.75) is 6.92 Å². The lowest BCUT2D eigenvalue weighted by molar-refractivity contribution is -0.133. The van der Waals surface area contributed by atoms with Crippen LogP contribution in [0.5, 0.6) is 0 Å². The van der Waals surface area contributed by atoms with Gasteiger partial charge in [0.15, 0.2) is 6.16 Å². The molecular weight excluding hydrogens is 237 g/mol. The van der Waals surface area contributed by atoms with E-state index in [4.69, 9.17) is 10.2 Å². The summed E-state index contributed by atoms with van der Waals surface area (Å²) in [6.45, 7) is 1.69. The van der Waals surface area contributed by atoms with Crippen molar-refractivity contribution < 1.29 is 29.1 Å². The van der Waals surface area contributed by atoms with E-state index in [9.17, 15) is 14.2 Å². The topological polar surface area (TPSA) is 113 Å². The second-order valence-electron chi connectivity index (χ2n) is 2.57. The molecule has 0 spiro atoms. The zero-order chi connectivity index (χ0) is 12.6. The lowest BCUT2D eigenvalue weighted by Crippen LogP contribution is -2.28. The summed E-state index contributed by atoms with van der Waals surface area (Å²) in [5.74, 6) is -1.37. The Bertz CT molecular complexity index is 314. The van der Waals surface area contributed by atoms with E-state index >= 15 is 0 Å². The van der Waals surface area contributed by atoms with Gasteiger partial charge < -0.3 is 14.9 Å². The van der Waals surface area contributed by atoms with Crippen LogP contribution in [0, 0.1) is 0 Å². The van der Waals surface area contributed by atoms with E-state index in [0.29, 0.717) is 0 Å².